The molecule has 2 aromatic rings. The molecule has 7 nitrogen and oxygen atoms in total. The predicted octanol–water partition coefficient (Wildman–Crippen LogP) is 3.99. The molecule has 1 saturated heterocycles. The van der Waals surface area contributed by atoms with E-state index in [1.165, 1.54) is 32.2 Å². The van der Waals surface area contributed by atoms with Gasteiger partial charge in [0, 0.05) is 23.9 Å². The minimum Gasteiger partial charge on any atom is -0.313 e. The highest BCUT2D eigenvalue weighted by Gasteiger charge is 2.40. The third-order valence-electron chi connectivity index (χ3n) is 7.38. The Bertz CT molecular complexity index is 1080. The minimum atomic E-state index is -0.646. The van der Waals surface area contributed by atoms with Crippen molar-refractivity contribution < 1.29 is 14.4 Å². The lowest BCUT2D eigenvalue weighted by Crippen LogP contribution is -2.53. The van der Waals surface area contributed by atoms with Crippen LogP contribution in [0.2, 0.25) is 0 Å². The van der Waals surface area contributed by atoms with E-state index in [9.17, 15) is 14.4 Å². The van der Waals surface area contributed by atoms with Crippen LogP contribution >= 0.6 is 0 Å². The topological polar surface area (TPSA) is 81.8 Å². The number of unbranched alkanes of at least 4 members (excludes halogenated alkanes) is 4. The number of piperidine rings is 1. The molecule has 0 aromatic heterocycles. The van der Waals surface area contributed by atoms with Crippen molar-refractivity contribution in [2.75, 3.05) is 31.1 Å². The van der Waals surface area contributed by atoms with Crippen molar-refractivity contribution in [3.63, 3.8) is 0 Å². The van der Waals surface area contributed by atoms with Gasteiger partial charge in [-0.15, -0.1) is 0 Å². The largest absolute Gasteiger partial charge is 0.313 e. The highest BCUT2D eigenvalue weighted by Crippen LogP contribution is 2.41. The monoisotopic (exact) mass is 478 g/mol. The molecule has 3 amide bonds. The Hall–Kier alpha value is -2.77. The van der Waals surface area contributed by atoms with Crippen LogP contribution in [0.4, 0.5) is 5.69 Å². The highest BCUT2D eigenvalue weighted by atomic mass is 16.2. The SMILES string of the molecule is CCN(CC)CCCCCCCNCc1ccc2c3c(cccc13)C(=O)N2C1CCC(=O)NC1=O. The summed E-state index contributed by atoms with van der Waals surface area (Å²) in [5.74, 6) is -0.831. The van der Waals surface area contributed by atoms with E-state index in [0.717, 1.165) is 54.6 Å². The summed E-state index contributed by atoms with van der Waals surface area (Å²) in [5, 5.41) is 7.91. The first-order chi connectivity index (χ1) is 17.0. The Morgan fingerprint density at radius 1 is 1.00 bits per heavy atom. The summed E-state index contributed by atoms with van der Waals surface area (Å²) in [6, 6.07) is 9.15. The maximum Gasteiger partial charge on any atom is 0.259 e. The molecular weight excluding hydrogens is 440 g/mol. The van der Waals surface area contributed by atoms with Gasteiger partial charge >= 0.3 is 0 Å². The molecule has 188 valence electrons. The Morgan fingerprint density at radius 3 is 2.54 bits per heavy atom. The number of imide groups is 1. The Kier molecular flexibility index (Phi) is 8.52. The summed E-state index contributed by atoms with van der Waals surface area (Å²) >= 11 is 0. The molecule has 1 atom stereocenters. The van der Waals surface area contributed by atoms with E-state index in [1.54, 1.807) is 4.90 Å². The molecule has 2 aliphatic heterocycles. The number of hydrogen-bond donors (Lipinski definition) is 2. The fraction of sp³-hybridized carbons (Fsp3) is 0.536. The number of carbonyl (C=O) groups excluding carboxylic acids is 3. The third kappa shape index (κ3) is 5.57. The van der Waals surface area contributed by atoms with Crippen LogP contribution < -0.4 is 15.5 Å². The second-order valence-corrected chi connectivity index (χ2v) is 9.59. The van der Waals surface area contributed by atoms with Gasteiger partial charge in [-0.05, 0) is 68.5 Å². The van der Waals surface area contributed by atoms with E-state index in [2.05, 4.69) is 41.5 Å². The fourth-order valence-electron chi connectivity index (χ4n) is 5.34. The summed E-state index contributed by atoms with van der Waals surface area (Å²) in [7, 11) is 0. The second kappa shape index (κ2) is 11.8. The number of nitrogens with zero attached hydrogens (tertiary/aromatic N) is 2. The number of hydrogen-bond acceptors (Lipinski definition) is 5. The Balaban J connectivity index is 1.32. The van der Waals surface area contributed by atoms with Crippen molar-refractivity contribution in [3.8, 4) is 0 Å². The Morgan fingerprint density at radius 2 is 1.77 bits per heavy atom. The summed E-state index contributed by atoms with van der Waals surface area (Å²) in [4.78, 5) is 41.4. The summed E-state index contributed by atoms with van der Waals surface area (Å²) in [5.41, 5.74) is 2.56. The van der Waals surface area contributed by atoms with Gasteiger partial charge in [0.05, 0.1) is 5.69 Å². The Labute approximate surface area is 208 Å². The smallest absolute Gasteiger partial charge is 0.259 e. The highest BCUT2D eigenvalue weighted by molar-refractivity contribution is 6.27. The quantitative estimate of drug-likeness (QED) is 0.336. The van der Waals surface area contributed by atoms with Crippen LogP contribution in [0, 0.1) is 0 Å². The molecule has 0 bridgehead atoms. The van der Waals surface area contributed by atoms with E-state index in [0.29, 0.717) is 12.0 Å². The number of nitrogens with one attached hydrogen (secondary N) is 2. The molecule has 0 spiro atoms. The van der Waals surface area contributed by atoms with Gasteiger partial charge in [0.25, 0.3) is 5.91 Å². The van der Waals surface area contributed by atoms with Crippen LogP contribution in [0.25, 0.3) is 10.8 Å². The lowest BCUT2D eigenvalue weighted by atomic mass is 10.00. The molecule has 7 heteroatoms. The van der Waals surface area contributed by atoms with Crippen LogP contribution in [0.15, 0.2) is 30.3 Å². The molecule has 0 saturated carbocycles. The zero-order chi connectivity index (χ0) is 24.8. The number of carbonyl (C=O) groups is 3. The maximum absolute atomic E-state index is 13.2. The maximum atomic E-state index is 13.2. The van der Waals surface area contributed by atoms with Crippen molar-refractivity contribution in [1.82, 2.24) is 15.5 Å². The summed E-state index contributed by atoms with van der Waals surface area (Å²) in [6.45, 7) is 9.66. The van der Waals surface area contributed by atoms with Gasteiger partial charge in [-0.2, -0.15) is 0 Å². The van der Waals surface area contributed by atoms with E-state index in [1.807, 2.05) is 18.2 Å². The second-order valence-electron chi connectivity index (χ2n) is 9.59. The first-order valence-corrected chi connectivity index (χ1v) is 13.2. The zero-order valence-corrected chi connectivity index (χ0v) is 21.1. The fourth-order valence-corrected chi connectivity index (χ4v) is 5.34. The first-order valence-electron chi connectivity index (χ1n) is 13.2. The van der Waals surface area contributed by atoms with Crippen molar-refractivity contribution in [1.29, 1.82) is 0 Å². The number of rotatable bonds is 13. The van der Waals surface area contributed by atoms with Crippen LogP contribution in [-0.2, 0) is 16.1 Å². The third-order valence-corrected chi connectivity index (χ3v) is 7.38. The van der Waals surface area contributed by atoms with Crippen molar-refractivity contribution >= 4 is 34.2 Å². The van der Waals surface area contributed by atoms with Gasteiger partial charge in [-0.1, -0.05) is 51.3 Å². The molecule has 1 unspecified atom stereocenters. The molecule has 0 radical (unpaired) electrons. The average molecular weight is 479 g/mol. The zero-order valence-electron chi connectivity index (χ0n) is 21.1. The molecule has 2 aromatic carbocycles. The van der Waals surface area contributed by atoms with E-state index in [-0.39, 0.29) is 18.2 Å². The van der Waals surface area contributed by atoms with E-state index >= 15 is 0 Å². The van der Waals surface area contributed by atoms with Crippen LogP contribution in [0.1, 0.15) is 74.7 Å². The lowest BCUT2D eigenvalue weighted by Gasteiger charge is -2.30. The van der Waals surface area contributed by atoms with Gasteiger partial charge in [0.15, 0.2) is 0 Å². The number of anilines is 1. The van der Waals surface area contributed by atoms with Gasteiger partial charge in [0.2, 0.25) is 11.8 Å². The molecule has 2 aliphatic rings. The van der Waals surface area contributed by atoms with Gasteiger partial charge in [-0.25, -0.2) is 0 Å². The average Bonchev–Trinajstić information content (AvgIpc) is 3.14. The van der Waals surface area contributed by atoms with Crippen molar-refractivity contribution in [2.24, 2.45) is 0 Å². The van der Waals surface area contributed by atoms with Gasteiger partial charge in [0.1, 0.15) is 6.04 Å². The molecule has 4 rings (SSSR count). The normalized spacial score (nSPS) is 17.6. The molecule has 2 heterocycles. The van der Waals surface area contributed by atoms with Crippen LogP contribution in [0.5, 0.6) is 0 Å². The number of benzene rings is 2. The first kappa shape index (κ1) is 25.3. The predicted molar refractivity (Wildman–Crippen MR) is 140 cm³/mol. The van der Waals surface area contributed by atoms with Crippen LogP contribution in [0.3, 0.4) is 0 Å². The molecule has 0 aliphatic carbocycles. The number of amides is 3. The molecule has 2 N–H and O–H groups in total. The minimum absolute atomic E-state index is 0.161. The molecule has 35 heavy (non-hydrogen) atoms. The van der Waals surface area contributed by atoms with Crippen LogP contribution in [-0.4, -0.2) is 54.8 Å². The van der Waals surface area contributed by atoms with Crippen molar-refractivity contribution in [3.05, 3.63) is 41.5 Å². The lowest BCUT2D eigenvalue weighted by molar-refractivity contribution is -0.134. The van der Waals surface area contributed by atoms with Gasteiger partial charge in [-0.3, -0.25) is 24.6 Å². The van der Waals surface area contributed by atoms with Crippen molar-refractivity contribution in [2.45, 2.75) is 71.4 Å². The van der Waals surface area contributed by atoms with Gasteiger partial charge < -0.3 is 10.2 Å². The molecular formula is C28H38N4O3. The standard InChI is InChI=1S/C28H38N4O3/c1-3-31(4-2)18-9-7-5-6-8-17-29-19-20-13-14-23-26-21(20)11-10-12-22(26)28(35)32(23)24-15-16-25(33)30-27(24)34/h10-14,24,29H,3-9,15-19H2,1-2H3,(H,30,33,34). The van der Waals surface area contributed by atoms with E-state index < -0.39 is 11.9 Å². The molecule has 1 fully saturated rings. The summed E-state index contributed by atoms with van der Waals surface area (Å²) < 4.78 is 0. The van der Waals surface area contributed by atoms with E-state index in [4.69, 9.17) is 0 Å². The summed E-state index contributed by atoms with van der Waals surface area (Å²) in [6.07, 6.45) is 6.86.